The summed E-state index contributed by atoms with van der Waals surface area (Å²) in [4.78, 5) is 16.2. The molecule has 122 valence electrons. The van der Waals surface area contributed by atoms with E-state index in [9.17, 15) is 4.79 Å². The van der Waals surface area contributed by atoms with Gasteiger partial charge in [-0.25, -0.2) is 4.98 Å². The van der Waals surface area contributed by atoms with Gasteiger partial charge in [0.15, 0.2) is 5.82 Å². The molecule has 0 spiro atoms. The normalized spacial score (nSPS) is 10.4. The molecule has 0 saturated heterocycles. The lowest BCUT2D eigenvalue weighted by Gasteiger charge is -2.09. The van der Waals surface area contributed by atoms with E-state index in [1.165, 1.54) is 0 Å². The maximum Gasteiger partial charge on any atom is 0.293 e. The predicted octanol–water partition coefficient (Wildman–Crippen LogP) is 3.59. The topological polar surface area (TPSA) is 56.1 Å². The minimum absolute atomic E-state index is 0.135. The molecule has 5 heteroatoms. The highest BCUT2D eigenvalue weighted by atomic mass is 16.5. The molecule has 0 saturated carbocycles. The van der Waals surface area contributed by atoms with Crippen molar-refractivity contribution in [2.24, 2.45) is 0 Å². The third kappa shape index (κ3) is 3.81. The fourth-order valence-electron chi connectivity index (χ4n) is 2.29. The summed E-state index contributed by atoms with van der Waals surface area (Å²) in [5.41, 5.74) is 1.78. The number of ether oxygens (including phenoxy) is 1. The second-order valence-corrected chi connectivity index (χ2v) is 5.29. The summed E-state index contributed by atoms with van der Waals surface area (Å²) in [6.07, 6.45) is 3.29. The smallest absolute Gasteiger partial charge is 0.293 e. The van der Waals surface area contributed by atoms with Crippen molar-refractivity contribution in [1.29, 1.82) is 0 Å². The number of rotatable bonds is 6. The molecule has 1 heterocycles. The number of hydrogen-bond donors (Lipinski definition) is 1. The molecule has 24 heavy (non-hydrogen) atoms. The molecular formula is C19H19N3O2. The van der Waals surface area contributed by atoms with Crippen molar-refractivity contribution in [3.8, 4) is 5.75 Å². The zero-order valence-electron chi connectivity index (χ0n) is 13.5. The largest absolute Gasteiger partial charge is 0.489 e. The lowest BCUT2D eigenvalue weighted by molar-refractivity contribution is 0.306. The maximum absolute atomic E-state index is 12.1. The first-order valence-electron chi connectivity index (χ1n) is 7.85. The molecular weight excluding hydrogens is 302 g/mol. The first-order valence-corrected chi connectivity index (χ1v) is 7.85. The van der Waals surface area contributed by atoms with Crippen LogP contribution < -0.4 is 15.6 Å². The minimum Gasteiger partial charge on any atom is -0.489 e. The number of aryl methyl sites for hydroxylation is 1. The van der Waals surface area contributed by atoms with Crippen LogP contribution in [0.2, 0.25) is 0 Å². The van der Waals surface area contributed by atoms with Crippen LogP contribution in [-0.4, -0.2) is 9.55 Å². The molecule has 1 N–H and O–H groups in total. The molecule has 0 fully saturated rings. The van der Waals surface area contributed by atoms with Crippen LogP contribution in [0, 0.1) is 0 Å². The van der Waals surface area contributed by atoms with Gasteiger partial charge in [0.25, 0.3) is 5.56 Å². The molecule has 0 unspecified atom stereocenters. The standard InChI is InChI=1S/C19H19N3O2/c1-2-22-13-12-20-18(19(22)23)21-16-8-10-17(11-9-16)24-14-15-6-4-3-5-7-15/h3-13H,2,14H2,1H3,(H,20,21). The van der Waals surface area contributed by atoms with Gasteiger partial charge in [0.05, 0.1) is 0 Å². The Morgan fingerprint density at radius 3 is 2.54 bits per heavy atom. The predicted molar refractivity (Wildman–Crippen MR) is 94.7 cm³/mol. The van der Waals surface area contributed by atoms with E-state index in [1.807, 2.05) is 61.5 Å². The second-order valence-electron chi connectivity index (χ2n) is 5.29. The zero-order chi connectivity index (χ0) is 16.8. The summed E-state index contributed by atoms with van der Waals surface area (Å²) < 4.78 is 7.35. The van der Waals surface area contributed by atoms with E-state index < -0.39 is 0 Å². The summed E-state index contributed by atoms with van der Waals surface area (Å²) in [5.74, 6) is 1.09. The van der Waals surface area contributed by atoms with Crippen molar-refractivity contribution < 1.29 is 4.74 Å². The van der Waals surface area contributed by atoms with Crippen LogP contribution in [0.4, 0.5) is 11.5 Å². The summed E-state index contributed by atoms with van der Waals surface area (Å²) in [6, 6.07) is 17.5. The summed E-state index contributed by atoms with van der Waals surface area (Å²) in [7, 11) is 0. The van der Waals surface area contributed by atoms with Crippen LogP contribution in [0.15, 0.2) is 71.8 Å². The van der Waals surface area contributed by atoms with Gasteiger partial charge in [0, 0.05) is 24.6 Å². The number of hydrogen-bond acceptors (Lipinski definition) is 4. The Labute approximate surface area is 140 Å². The average Bonchev–Trinajstić information content (AvgIpc) is 2.64. The highest BCUT2D eigenvalue weighted by Gasteiger charge is 2.04. The molecule has 2 aromatic carbocycles. The molecule has 1 aromatic heterocycles. The molecule has 0 aliphatic carbocycles. The monoisotopic (exact) mass is 321 g/mol. The van der Waals surface area contributed by atoms with Gasteiger partial charge in [-0.2, -0.15) is 0 Å². The fourth-order valence-corrected chi connectivity index (χ4v) is 2.29. The number of nitrogens with one attached hydrogen (secondary N) is 1. The molecule has 0 aliphatic rings. The quantitative estimate of drug-likeness (QED) is 0.754. The minimum atomic E-state index is -0.135. The summed E-state index contributed by atoms with van der Waals surface area (Å²) >= 11 is 0. The van der Waals surface area contributed by atoms with E-state index in [0.717, 1.165) is 17.0 Å². The van der Waals surface area contributed by atoms with Crippen LogP contribution in [0.3, 0.4) is 0 Å². The Balaban J connectivity index is 1.66. The van der Waals surface area contributed by atoms with Gasteiger partial charge in [0.1, 0.15) is 12.4 Å². The SMILES string of the molecule is CCn1ccnc(Nc2ccc(OCc3ccccc3)cc2)c1=O. The molecule has 0 bridgehead atoms. The number of nitrogens with zero attached hydrogens (tertiary/aromatic N) is 2. The Bertz CT molecular complexity index is 842. The average molecular weight is 321 g/mol. The van der Waals surface area contributed by atoms with Crippen LogP contribution in [-0.2, 0) is 13.2 Å². The number of aromatic nitrogens is 2. The van der Waals surface area contributed by atoms with Crippen LogP contribution in [0.25, 0.3) is 0 Å². The van der Waals surface area contributed by atoms with Gasteiger partial charge < -0.3 is 14.6 Å². The second kappa shape index (κ2) is 7.46. The van der Waals surface area contributed by atoms with Crippen LogP contribution in [0.1, 0.15) is 12.5 Å². The van der Waals surface area contributed by atoms with Gasteiger partial charge in [-0.15, -0.1) is 0 Å². The van der Waals surface area contributed by atoms with Crippen molar-refractivity contribution in [3.63, 3.8) is 0 Å². The highest BCUT2D eigenvalue weighted by Crippen LogP contribution is 2.18. The van der Waals surface area contributed by atoms with Crippen molar-refractivity contribution >= 4 is 11.5 Å². The third-order valence-corrected chi connectivity index (χ3v) is 3.62. The van der Waals surface area contributed by atoms with E-state index in [2.05, 4.69) is 10.3 Å². The Morgan fingerprint density at radius 1 is 1.08 bits per heavy atom. The van der Waals surface area contributed by atoms with Crippen molar-refractivity contribution in [2.45, 2.75) is 20.1 Å². The van der Waals surface area contributed by atoms with Gasteiger partial charge in [-0.05, 0) is 36.8 Å². The van der Waals surface area contributed by atoms with E-state index >= 15 is 0 Å². The highest BCUT2D eigenvalue weighted by molar-refractivity contribution is 5.56. The first-order chi connectivity index (χ1) is 11.8. The van der Waals surface area contributed by atoms with E-state index in [-0.39, 0.29) is 5.56 Å². The number of anilines is 2. The van der Waals surface area contributed by atoms with Crippen LogP contribution in [0.5, 0.6) is 5.75 Å². The van der Waals surface area contributed by atoms with Crippen LogP contribution >= 0.6 is 0 Å². The maximum atomic E-state index is 12.1. The van der Waals surface area contributed by atoms with E-state index in [0.29, 0.717) is 19.0 Å². The Hall–Kier alpha value is -3.08. The van der Waals surface area contributed by atoms with Crippen molar-refractivity contribution in [2.75, 3.05) is 5.32 Å². The van der Waals surface area contributed by atoms with Gasteiger partial charge in [0.2, 0.25) is 0 Å². The first kappa shape index (κ1) is 15.8. The molecule has 3 aromatic rings. The van der Waals surface area contributed by atoms with Gasteiger partial charge in [-0.1, -0.05) is 30.3 Å². The van der Waals surface area contributed by atoms with Gasteiger partial charge >= 0.3 is 0 Å². The lowest BCUT2D eigenvalue weighted by Crippen LogP contribution is -2.22. The number of benzene rings is 2. The molecule has 0 amide bonds. The Kier molecular flexibility index (Phi) is 4.91. The summed E-state index contributed by atoms with van der Waals surface area (Å²) in [5, 5.41) is 3.05. The molecule has 5 nitrogen and oxygen atoms in total. The molecule has 0 radical (unpaired) electrons. The van der Waals surface area contributed by atoms with E-state index in [4.69, 9.17) is 4.74 Å². The molecule has 3 rings (SSSR count). The van der Waals surface area contributed by atoms with E-state index in [1.54, 1.807) is 17.0 Å². The fraction of sp³-hybridized carbons (Fsp3) is 0.158. The Morgan fingerprint density at radius 2 is 1.83 bits per heavy atom. The third-order valence-electron chi connectivity index (χ3n) is 3.62. The molecule has 0 aliphatic heterocycles. The summed E-state index contributed by atoms with van der Waals surface area (Å²) in [6.45, 7) is 3.06. The van der Waals surface area contributed by atoms with Crippen molar-refractivity contribution in [3.05, 3.63) is 82.9 Å². The lowest BCUT2D eigenvalue weighted by atomic mass is 10.2. The molecule has 0 atom stereocenters. The van der Waals surface area contributed by atoms with Crippen molar-refractivity contribution in [1.82, 2.24) is 9.55 Å². The zero-order valence-corrected chi connectivity index (χ0v) is 13.5. The van der Waals surface area contributed by atoms with Gasteiger partial charge in [-0.3, -0.25) is 4.79 Å².